The molecule has 410 valence electrons. The molecule has 20 heteroatoms. The third-order valence-corrected chi connectivity index (χ3v) is 14.2. The second-order valence-corrected chi connectivity index (χ2v) is 18.2. The number of carbonyl (C=O) groups is 4. The summed E-state index contributed by atoms with van der Waals surface area (Å²) in [7, 11) is -6.52. The number of fused-ring (bicyclic) bond motifs is 3. The normalized spacial score (nSPS) is 14.8. The average Bonchev–Trinajstić information content (AvgIpc) is 4.37. The van der Waals surface area contributed by atoms with E-state index >= 15 is 17.3 Å². The highest BCUT2D eigenvalue weighted by molar-refractivity contribution is 6.46. The predicted molar refractivity (Wildman–Crippen MR) is 297 cm³/mol. The molecule has 0 bridgehead atoms. The van der Waals surface area contributed by atoms with Crippen LogP contribution in [0.1, 0.15) is 175 Å². The third-order valence-electron chi connectivity index (χ3n) is 14.2. The van der Waals surface area contributed by atoms with E-state index in [0.29, 0.717) is 90.0 Å². The minimum atomic E-state index is -3.26. The molecule has 0 atom stereocenters. The molecule has 2 aliphatic rings. The quantitative estimate of drug-likeness (QED) is 0.0214. The smallest absolute Gasteiger partial charge is 0.461 e. The van der Waals surface area contributed by atoms with E-state index in [1.165, 1.54) is 0 Å². The molecule has 4 aromatic heterocycles. The molecule has 7 rings (SSSR count). The van der Waals surface area contributed by atoms with E-state index in [-0.39, 0.29) is 131 Å². The topological polar surface area (TPSA) is 166 Å². The summed E-state index contributed by atoms with van der Waals surface area (Å²) >= 11 is 0. The molecule has 0 saturated carbocycles. The van der Waals surface area contributed by atoms with E-state index in [2.05, 4.69) is 0 Å². The van der Waals surface area contributed by atoms with Gasteiger partial charge in [-0.1, -0.05) is 79.7 Å². The van der Waals surface area contributed by atoms with Crippen molar-refractivity contribution < 1.29 is 55.4 Å². The molecule has 0 amide bonds. The number of halogens is 4. The number of aliphatic imine (C=N–C) groups is 2. The number of benzene rings is 1. The molecular weight excluding hydrogens is 1010 g/mol. The van der Waals surface area contributed by atoms with Gasteiger partial charge in [0, 0.05) is 33.3 Å². The first-order valence-corrected chi connectivity index (χ1v) is 27.2. The molecule has 0 spiro atoms. The average molecular weight is 1070 g/mol. The lowest BCUT2D eigenvalue weighted by Crippen LogP contribution is -2.24. The fourth-order valence-corrected chi connectivity index (χ4v) is 11.2. The fourth-order valence-electron chi connectivity index (χ4n) is 11.2. The summed E-state index contributed by atoms with van der Waals surface area (Å²) in [6.45, 7) is 21.1. The highest BCUT2D eigenvalue weighted by atomic mass is 19.2. The Balaban J connectivity index is 1.70. The Morgan fingerprint density at radius 1 is 0.410 bits per heavy atom. The van der Waals surface area contributed by atoms with Gasteiger partial charge in [-0.25, -0.2) is 39.1 Å². The van der Waals surface area contributed by atoms with Crippen molar-refractivity contribution in [1.29, 1.82) is 0 Å². The zero-order chi connectivity index (χ0) is 56.9. The number of pyridine rings is 2. The molecule has 0 radical (unpaired) electrons. The lowest BCUT2D eigenvalue weighted by Gasteiger charge is -2.19. The van der Waals surface area contributed by atoms with Crippen LogP contribution >= 0.6 is 0 Å². The number of aromatic nitrogens is 4. The minimum Gasteiger partial charge on any atom is -0.461 e. The molecule has 1 aromatic carbocycles. The van der Waals surface area contributed by atoms with Crippen molar-refractivity contribution in [3.05, 3.63) is 127 Å². The maximum atomic E-state index is 16.1. The lowest BCUT2D eigenvalue weighted by molar-refractivity contribution is -0.135. The number of esters is 4. The maximum Gasteiger partial charge on any atom is 0.678 e. The largest absolute Gasteiger partial charge is 0.678 e. The van der Waals surface area contributed by atoms with Gasteiger partial charge >= 0.3 is 38.7 Å². The van der Waals surface area contributed by atoms with Crippen molar-refractivity contribution in [3.63, 3.8) is 0 Å². The van der Waals surface area contributed by atoms with Gasteiger partial charge < -0.3 is 27.9 Å². The Morgan fingerprint density at radius 2 is 0.705 bits per heavy atom. The highest BCUT2D eigenvalue weighted by Gasteiger charge is 2.41. The molecule has 0 N–H and O–H groups in total. The van der Waals surface area contributed by atoms with Gasteiger partial charge in [0.25, 0.3) is 0 Å². The van der Waals surface area contributed by atoms with Gasteiger partial charge in [-0.2, -0.15) is 0 Å². The van der Waals surface area contributed by atoms with E-state index in [4.69, 9.17) is 38.9 Å². The first kappa shape index (κ1) is 58.3. The number of nitrogens with zero attached hydrogens (tertiary/aromatic N) is 6. The van der Waals surface area contributed by atoms with Crippen LogP contribution in [0.25, 0.3) is 33.0 Å². The van der Waals surface area contributed by atoms with Gasteiger partial charge in [-0.3, -0.25) is 17.3 Å². The Kier molecular flexibility index (Phi) is 18.7. The van der Waals surface area contributed by atoms with Crippen LogP contribution in [0, 0.1) is 0 Å². The molecule has 0 saturated heterocycles. The van der Waals surface area contributed by atoms with Crippen LogP contribution in [-0.2, 0) is 54.2 Å². The van der Waals surface area contributed by atoms with Gasteiger partial charge in [0.1, 0.15) is 11.4 Å². The molecular formula is C58H66B2F4N6O8. The monoisotopic (exact) mass is 1070 g/mol. The predicted octanol–water partition coefficient (Wildman–Crippen LogP) is 12.3. The van der Waals surface area contributed by atoms with Crippen molar-refractivity contribution in [3.8, 4) is 0 Å². The summed E-state index contributed by atoms with van der Waals surface area (Å²) in [6.07, 6.45) is 2.12. The third kappa shape index (κ3) is 10.2. The van der Waals surface area contributed by atoms with Gasteiger partial charge in [0.05, 0.1) is 60.2 Å². The Hall–Kier alpha value is -7.37. The summed E-state index contributed by atoms with van der Waals surface area (Å²) in [5, 5.41) is 1.12. The standard InChI is InChI=1S/C58H66B2F4N6O8/c1-13-33-35(15-3)49(55(71)75-21-9)67-47(33)43(51-37(17-5)39(19-7)53(57(73)77-23-11)69(51)59(61)62)41-29-27-31-25-26-32-28-30-42(66-46(32)45(31)65-41)44(48-34(14-2)36(16-4)50(68-48)56(72)76-22-10)52-38(18-6)40(20-8)54(58(74)78-24-12)70(52)60(63)64/h25-30H,13-24H2,1-12H3/b47-43-,48-44-. The van der Waals surface area contributed by atoms with Gasteiger partial charge in [-0.15, -0.1) is 0 Å². The van der Waals surface area contributed by atoms with Crippen LogP contribution in [-0.4, -0.2) is 95.5 Å². The van der Waals surface area contributed by atoms with Crippen LogP contribution in [0.2, 0.25) is 0 Å². The first-order valence-electron chi connectivity index (χ1n) is 27.2. The summed E-state index contributed by atoms with van der Waals surface area (Å²) in [5.41, 5.74) is 4.77. The number of rotatable bonds is 22. The van der Waals surface area contributed by atoms with Crippen LogP contribution in [0.5, 0.6) is 0 Å². The molecule has 0 fully saturated rings. The van der Waals surface area contributed by atoms with Crippen molar-refractivity contribution in [2.45, 2.75) is 134 Å². The fraction of sp³-hybridized carbons (Fsp3) is 0.414. The Bertz CT molecular complexity index is 3220. The van der Waals surface area contributed by atoms with Crippen molar-refractivity contribution in [2.75, 3.05) is 26.4 Å². The Morgan fingerprint density at radius 3 is 0.987 bits per heavy atom. The van der Waals surface area contributed by atoms with Gasteiger partial charge in [-0.05, 0) is 136 Å². The summed E-state index contributed by atoms with van der Waals surface area (Å²) in [4.78, 5) is 75.7. The van der Waals surface area contributed by atoms with Crippen LogP contribution in [0.15, 0.2) is 80.1 Å². The van der Waals surface area contributed by atoms with E-state index in [0.717, 1.165) is 0 Å². The number of carbonyl (C=O) groups excluding carboxylic acids is 4. The number of hydrogen-bond acceptors (Lipinski definition) is 12. The molecule has 0 aliphatic carbocycles. The molecule has 6 heterocycles. The zero-order valence-corrected chi connectivity index (χ0v) is 46.6. The lowest BCUT2D eigenvalue weighted by atomic mass is 9.91. The molecule has 2 aliphatic heterocycles. The van der Waals surface area contributed by atoms with Crippen LogP contribution < -0.4 is 0 Å². The summed E-state index contributed by atoms with van der Waals surface area (Å²) < 4.78 is 87.7. The number of ether oxygens (including phenoxy) is 4. The number of hydrogen-bond donors (Lipinski definition) is 0. The maximum absolute atomic E-state index is 16.1. The summed E-state index contributed by atoms with van der Waals surface area (Å²) in [6, 6.07) is 10.5. The summed E-state index contributed by atoms with van der Waals surface area (Å²) in [5.74, 6) is -3.24. The second kappa shape index (κ2) is 25.0. The molecule has 0 unspecified atom stereocenters. The number of allylic oxidation sites excluding steroid dienone is 2. The first-order chi connectivity index (χ1) is 37.6. The van der Waals surface area contributed by atoms with E-state index in [9.17, 15) is 19.2 Å². The van der Waals surface area contributed by atoms with Crippen molar-refractivity contribution in [2.24, 2.45) is 9.98 Å². The molecule has 78 heavy (non-hydrogen) atoms. The SMILES string of the molecule is CCOC(=O)C1=N/C(=C(/c2ccc3ccc4ccc(/C(=C5/N=C(C(=O)OCC)C(CC)=C5CC)c5c(CC)c(CC)c(C(=O)OCC)n5B(F)F)nc4c3n2)c2c(CC)c(CC)c(C(=O)OCC)n2B(F)F)C(CC)=C1CC. The van der Waals surface area contributed by atoms with E-state index < -0.39 is 38.7 Å². The second-order valence-electron chi connectivity index (χ2n) is 18.2. The zero-order valence-electron chi connectivity index (χ0n) is 46.6. The van der Waals surface area contributed by atoms with Crippen molar-refractivity contribution in [1.82, 2.24) is 18.9 Å². The minimum absolute atomic E-state index is 0.0288. The highest BCUT2D eigenvalue weighted by Crippen LogP contribution is 2.45. The van der Waals surface area contributed by atoms with E-state index in [1.54, 1.807) is 79.7 Å². The van der Waals surface area contributed by atoms with Crippen LogP contribution in [0.4, 0.5) is 17.3 Å². The van der Waals surface area contributed by atoms with Crippen molar-refractivity contribution >= 4 is 83.1 Å². The van der Waals surface area contributed by atoms with Gasteiger partial charge in [0.2, 0.25) is 0 Å². The Labute approximate surface area is 453 Å². The van der Waals surface area contributed by atoms with Gasteiger partial charge in [0.15, 0.2) is 11.4 Å². The molecule has 5 aromatic rings. The molecule has 14 nitrogen and oxygen atoms in total. The van der Waals surface area contributed by atoms with E-state index in [1.807, 2.05) is 39.8 Å². The van der Waals surface area contributed by atoms with Crippen LogP contribution in [0.3, 0.4) is 0 Å².